The van der Waals surface area contributed by atoms with Crippen molar-refractivity contribution in [1.82, 2.24) is 10.2 Å². The van der Waals surface area contributed by atoms with Gasteiger partial charge in [0, 0.05) is 30.2 Å². The van der Waals surface area contributed by atoms with Gasteiger partial charge in [0.2, 0.25) is 0 Å². The minimum Gasteiger partial charge on any atom is -0.355 e. The molecule has 0 spiro atoms. The molecule has 0 saturated carbocycles. The summed E-state index contributed by atoms with van der Waals surface area (Å²) >= 11 is 3.58. The van der Waals surface area contributed by atoms with Gasteiger partial charge in [0.05, 0.1) is 0 Å². The molecule has 0 aliphatic carbocycles. The molecule has 2 aromatic carbocycles. The van der Waals surface area contributed by atoms with Crippen molar-refractivity contribution in [2.45, 2.75) is 26.3 Å². The number of nitrogens with one attached hydrogen (secondary N) is 1. The molecule has 0 unspecified atom stereocenters. The summed E-state index contributed by atoms with van der Waals surface area (Å²) in [6.45, 7) is 4.36. The summed E-state index contributed by atoms with van der Waals surface area (Å²) < 4.78 is 1.27. The van der Waals surface area contributed by atoms with E-state index in [9.17, 15) is 4.79 Å². The highest BCUT2D eigenvalue weighted by Gasteiger charge is 2.14. The Labute approximate surface area is 153 Å². The van der Waals surface area contributed by atoms with Gasteiger partial charge in [-0.1, -0.05) is 47.1 Å². The zero-order chi connectivity index (χ0) is 17.5. The van der Waals surface area contributed by atoms with E-state index in [4.69, 9.17) is 0 Å². The van der Waals surface area contributed by atoms with Gasteiger partial charge in [-0.05, 0) is 54.8 Å². The number of benzene rings is 2. The lowest BCUT2D eigenvalue weighted by atomic mass is 10.0. The van der Waals surface area contributed by atoms with Crippen molar-refractivity contribution in [2.75, 3.05) is 20.6 Å². The number of amides is 1. The van der Waals surface area contributed by atoms with Crippen molar-refractivity contribution in [3.8, 4) is 0 Å². The number of fused-ring (bicyclic) bond motifs is 1. The molecule has 3 nitrogen and oxygen atoms in total. The van der Waals surface area contributed by atoms with Crippen LogP contribution in [0.3, 0.4) is 0 Å². The summed E-state index contributed by atoms with van der Waals surface area (Å²) in [5.41, 5.74) is 4.94. The Morgan fingerprint density at radius 1 is 1.21 bits per heavy atom. The summed E-state index contributed by atoms with van der Waals surface area (Å²) in [7, 11) is 3.81. The maximum atomic E-state index is 11.1. The van der Waals surface area contributed by atoms with E-state index in [1.807, 2.05) is 24.3 Å². The molecular formula is C20H25BrN2O. The number of carbonyl (C=O) groups is 1. The SMILES string of the molecule is CCc1ccc(C(=O)NC)cc1.CN1CCc2c(Br)cccc2C1. The van der Waals surface area contributed by atoms with Crippen LogP contribution in [0.2, 0.25) is 0 Å². The standard InChI is InChI=1S/C10H12BrN.C10H13NO/c1-12-6-5-9-8(7-12)3-2-4-10(9)11;1-3-8-4-6-9(7-5-8)10(12)11-2/h2-4H,5-7H2,1H3;4-7H,3H2,1-2H3,(H,11,12). The molecule has 0 atom stereocenters. The fraction of sp³-hybridized carbons (Fsp3) is 0.350. The molecule has 0 bridgehead atoms. The Morgan fingerprint density at radius 3 is 2.54 bits per heavy atom. The molecule has 0 saturated heterocycles. The maximum Gasteiger partial charge on any atom is 0.251 e. The first-order chi connectivity index (χ1) is 11.5. The number of nitrogens with zero attached hydrogens (tertiary/aromatic N) is 1. The second-order valence-electron chi connectivity index (χ2n) is 5.99. The summed E-state index contributed by atoms with van der Waals surface area (Å²) in [6, 6.07) is 14.1. The van der Waals surface area contributed by atoms with Gasteiger partial charge in [0.15, 0.2) is 0 Å². The molecule has 24 heavy (non-hydrogen) atoms. The Hall–Kier alpha value is -1.65. The van der Waals surface area contributed by atoms with Gasteiger partial charge >= 0.3 is 0 Å². The van der Waals surface area contributed by atoms with Crippen LogP contribution in [-0.4, -0.2) is 31.4 Å². The third kappa shape index (κ3) is 4.92. The van der Waals surface area contributed by atoms with Crippen LogP contribution in [0.4, 0.5) is 0 Å². The molecule has 1 aliphatic heterocycles. The smallest absolute Gasteiger partial charge is 0.251 e. The molecule has 0 radical (unpaired) electrons. The van der Waals surface area contributed by atoms with Crippen LogP contribution in [0.1, 0.15) is 34.0 Å². The number of rotatable bonds is 2. The van der Waals surface area contributed by atoms with E-state index >= 15 is 0 Å². The lowest BCUT2D eigenvalue weighted by Crippen LogP contribution is -2.26. The fourth-order valence-corrected chi connectivity index (χ4v) is 3.35. The highest BCUT2D eigenvalue weighted by Crippen LogP contribution is 2.25. The minimum atomic E-state index is -0.0300. The largest absolute Gasteiger partial charge is 0.355 e. The zero-order valence-corrected chi connectivity index (χ0v) is 16.2. The lowest BCUT2D eigenvalue weighted by Gasteiger charge is -2.25. The average Bonchev–Trinajstić information content (AvgIpc) is 2.61. The first-order valence-corrected chi connectivity index (χ1v) is 9.10. The first kappa shape index (κ1) is 18.7. The van der Waals surface area contributed by atoms with E-state index in [1.165, 1.54) is 34.1 Å². The normalized spacial score (nSPS) is 13.5. The summed E-state index contributed by atoms with van der Waals surface area (Å²) in [6.07, 6.45) is 2.18. The Bertz CT molecular complexity index is 683. The maximum absolute atomic E-state index is 11.1. The van der Waals surface area contributed by atoms with Crippen LogP contribution >= 0.6 is 15.9 Å². The number of likely N-dealkylation sites (N-methyl/N-ethyl adjacent to an activating group) is 1. The molecule has 0 aromatic heterocycles. The number of carbonyl (C=O) groups excluding carboxylic acids is 1. The minimum absolute atomic E-state index is 0.0300. The Morgan fingerprint density at radius 2 is 1.92 bits per heavy atom. The predicted molar refractivity (Wildman–Crippen MR) is 103 cm³/mol. The van der Waals surface area contributed by atoms with Crippen LogP contribution in [-0.2, 0) is 19.4 Å². The molecule has 1 aliphatic rings. The number of aryl methyl sites for hydroxylation is 1. The van der Waals surface area contributed by atoms with Crippen LogP contribution in [0.25, 0.3) is 0 Å². The van der Waals surface area contributed by atoms with Crippen molar-refractivity contribution in [2.24, 2.45) is 0 Å². The highest BCUT2D eigenvalue weighted by atomic mass is 79.9. The average molecular weight is 389 g/mol. The van der Waals surface area contributed by atoms with Gasteiger partial charge in [-0.2, -0.15) is 0 Å². The van der Waals surface area contributed by atoms with Gasteiger partial charge in [-0.15, -0.1) is 0 Å². The van der Waals surface area contributed by atoms with Crippen molar-refractivity contribution >= 4 is 21.8 Å². The van der Waals surface area contributed by atoms with E-state index < -0.39 is 0 Å². The molecular weight excluding hydrogens is 364 g/mol. The fourth-order valence-electron chi connectivity index (χ4n) is 2.74. The van der Waals surface area contributed by atoms with E-state index in [0.717, 1.165) is 18.5 Å². The molecule has 0 fully saturated rings. The molecule has 2 aromatic rings. The number of hydrogen-bond donors (Lipinski definition) is 1. The number of hydrogen-bond acceptors (Lipinski definition) is 2. The summed E-state index contributed by atoms with van der Waals surface area (Å²) in [5.74, 6) is -0.0300. The second kappa shape index (κ2) is 9.00. The molecule has 4 heteroatoms. The van der Waals surface area contributed by atoms with Crippen LogP contribution in [0.15, 0.2) is 46.9 Å². The van der Waals surface area contributed by atoms with E-state index in [-0.39, 0.29) is 5.91 Å². The monoisotopic (exact) mass is 388 g/mol. The van der Waals surface area contributed by atoms with Crippen LogP contribution in [0.5, 0.6) is 0 Å². The molecule has 128 valence electrons. The third-order valence-corrected chi connectivity index (χ3v) is 4.99. The topological polar surface area (TPSA) is 32.3 Å². The summed E-state index contributed by atoms with van der Waals surface area (Å²) in [5, 5.41) is 2.58. The molecule has 1 heterocycles. The van der Waals surface area contributed by atoms with Gasteiger partial charge in [0.25, 0.3) is 5.91 Å². The zero-order valence-electron chi connectivity index (χ0n) is 14.6. The lowest BCUT2D eigenvalue weighted by molar-refractivity contribution is 0.0963. The van der Waals surface area contributed by atoms with E-state index in [2.05, 4.69) is 58.3 Å². The van der Waals surface area contributed by atoms with Crippen LogP contribution in [0, 0.1) is 0 Å². The number of halogens is 1. The van der Waals surface area contributed by atoms with E-state index in [0.29, 0.717) is 0 Å². The van der Waals surface area contributed by atoms with Gasteiger partial charge < -0.3 is 10.2 Å². The second-order valence-corrected chi connectivity index (χ2v) is 6.85. The van der Waals surface area contributed by atoms with Crippen molar-refractivity contribution in [3.05, 3.63) is 69.2 Å². The molecule has 1 amide bonds. The van der Waals surface area contributed by atoms with Gasteiger partial charge in [0.1, 0.15) is 0 Å². The van der Waals surface area contributed by atoms with Gasteiger partial charge in [-0.3, -0.25) is 4.79 Å². The predicted octanol–water partition coefficient (Wildman–Crippen LogP) is 4.05. The van der Waals surface area contributed by atoms with Gasteiger partial charge in [-0.25, -0.2) is 0 Å². The third-order valence-electron chi connectivity index (χ3n) is 4.25. The highest BCUT2D eigenvalue weighted by molar-refractivity contribution is 9.10. The quantitative estimate of drug-likeness (QED) is 0.841. The van der Waals surface area contributed by atoms with E-state index in [1.54, 1.807) is 7.05 Å². The van der Waals surface area contributed by atoms with Crippen molar-refractivity contribution in [1.29, 1.82) is 0 Å². The molecule has 3 rings (SSSR count). The Balaban J connectivity index is 0.000000174. The Kier molecular flexibility index (Phi) is 7.00. The first-order valence-electron chi connectivity index (χ1n) is 8.31. The molecule has 1 N–H and O–H groups in total. The van der Waals surface area contributed by atoms with Crippen LogP contribution < -0.4 is 5.32 Å². The van der Waals surface area contributed by atoms with Crippen molar-refractivity contribution in [3.63, 3.8) is 0 Å². The summed E-state index contributed by atoms with van der Waals surface area (Å²) in [4.78, 5) is 13.5. The van der Waals surface area contributed by atoms with Crippen molar-refractivity contribution < 1.29 is 4.79 Å².